The molecule has 3 rings (SSSR count). The van der Waals surface area contributed by atoms with E-state index in [2.05, 4.69) is 10.2 Å². The van der Waals surface area contributed by atoms with Gasteiger partial charge in [-0.3, -0.25) is 9.48 Å². The topological polar surface area (TPSA) is 52.7 Å². The van der Waals surface area contributed by atoms with E-state index in [1.165, 1.54) is 0 Å². The molecule has 24 heavy (non-hydrogen) atoms. The number of rotatable bonds is 5. The van der Waals surface area contributed by atoms with Crippen LogP contribution in [0, 0.1) is 13.8 Å². The lowest BCUT2D eigenvalue weighted by Crippen LogP contribution is -1.98. The van der Waals surface area contributed by atoms with Crippen molar-refractivity contribution >= 4 is 11.9 Å². The zero-order valence-corrected chi connectivity index (χ0v) is 14.1. The second-order valence-corrected chi connectivity index (χ2v) is 5.61. The summed E-state index contributed by atoms with van der Waals surface area (Å²) in [5.74, 6) is -0.0547. The van der Waals surface area contributed by atoms with Crippen molar-refractivity contribution in [2.45, 2.75) is 27.3 Å². The number of aromatic nitrogens is 4. The van der Waals surface area contributed by atoms with Crippen LogP contribution < -0.4 is 0 Å². The molecule has 3 aromatic rings. The molecule has 0 amide bonds. The van der Waals surface area contributed by atoms with E-state index in [0.29, 0.717) is 5.56 Å². The molecule has 0 unspecified atom stereocenters. The van der Waals surface area contributed by atoms with Gasteiger partial charge in [0.25, 0.3) is 0 Å². The van der Waals surface area contributed by atoms with Crippen molar-refractivity contribution in [2.24, 2.45) is 0 Å². The van der Waals surface area contributed by atoms with Crippen molar-refractivity contribution < 1.29 is 4.79 Å². The minimum Gasteiger partial charge on any atom is -0.289 e. The summed E-state index contributed by atoms with van der Waals surface area (Å²) in [5, 5.41) is 8.72. The van der Waals surface area contributed by atoms with Gasteiger partial charge in [0.2, 0.25) is 0 Å². The van der Waals surface area contributed by atoms with Crippen LogP contribution in [0.5, 0.6) is 0 Å². The van der Waals surface area contributed by atoms with Gasteiger partial charge in [-0.15, -0.1) is 0 Å². The summed E-state index contributed by atoms with van der Waals surface area (Å²) < 4.78 is 3.64. The first-order valence-corrected chi connectivity index (χ1v) is 7.96. The molecule has 0 N–H and O–H groups in total. The van der Waals surface area contributed by atoms with Crippen molar-refractivity contribution in [3.05, 3.63) is 71.3 Å². The number of para-hydroxylation sites is 1. The summed E-state index contributed by atoms with van der Waals surface area (Å²) in [7, 11) is 0. The molecular weight excluding hydrogens is 300 g/mol. The van der Waals surface area contributed by atoms with Gasteiger partial charge < -0.3 is 0 Å². The van der Waals surface area contributed by atoms with Gasteiger partial charge in [-0.05, 0) is 45.1 Å². The minimum absolute atomic E-state index is 0.0547. The Balaban J connectivity index is 1.87. The summed E-state index contributed by atoms with van der Waals surface area (Å²) in [5.41, 5.74) is 4.47. The number of carbonyl (C=O) groups excluding carboxylic acids is 1. The van der Waals surface area contributed by atoms with E-state index in [1.807, 2.05) is 61.9 Å². The third kappa shape index (κ3) is 3.06. The van der Waals surface area contributed by atoms with Crippen LogP contribution in [-0.2, 0) is 6.54 Å². The van der Waals surface area contributed by atoms with Crippen LogP contribution in [0.25, 0.3) is 11.8 Å². The summed E-state index contributed by atoms with van der Waals surface area (Å²) in [6, 6.07) is 9.96. The lowest BCUT2D eigenvalue weighted by Gasteiger charge is -2.03. The fourth-order valence-electron chi connectivity index (χ4n) is 2.64. The number of ketones is 1. The standard InChI is InChI=1S/C19H20N4O/c1-4-22-13-16(12-20-22)19(24)11-10-18-14(2)21-23(15(18)3)17-8-6-5-7-9-17/h5-13H,4H2,1-3H3/b11-10+. The maximum Gasteiger partial charge on any atom is 0.189 e. The van der Waals surface area contributed by atoms with Crippen LogP contribution in [0.2, 0.25) is 0 Å². The van der Waals surface area contributed by atoms with E-state index in [4.69, 9.17) is 0 Å². The Hall–Kier alpha value is -2.95. The number of hydrogen-bond donors (Lipinski definition) is 0. The van der Waals surface area contributed by atoms with E-state index in [1.54, 1.807) is 23.2 Å². The largest absolute Gasteiger partial charge is 0.289 e. The van der Waals surface area contributed by atoms with Crippen LogP contribution in [0.3, 0.4) is 0 Å². The van der Waals surface area contributed by atoms with Gasteiger partial charge in [0.1, 0.15) is 0 Å². The second kappa shape index (κ2) is 6.66. The molecule has 0 fully saturated rings. The predicted molar refractivity (Wildman–Crippen MR) is 94.3 cm³/mol. The normalized spacial score (nSPS) is 11.3. The van der Waals surface area contributed by atoms with E-state index in [0.717, 1.165) is 29.2 Å². The summed E-state index contributed by atoms with van der Waals surface area (Å²) in [6.07, 6.45) is 6.79. The number of nitrogens with zero attached hydrogens (tertiary/aromatic N) is 4. The molecule has 0 aliphatic rings. The van der Waals surface area contributed by atoms with Crippen LogP contribution in [-0.4, -0.2) is 25.3 Å². The molecule has 0 saturated heterocycles. The Morgan fingerprint density at radius 3 is 2.62 bits per heavy atom. The Morgan fingerprint density at radius 2 is 1.96 bits per heavy atom. The van der Waals surface area contributed by atoms with Crippen molar-refractivity contribution in [3.8, 4) is 5.69 Å². The molecule has 0 aliphatic carbocycles. The highest BCUT2D eigenvalue weighted by Crippen LogP contribution is 2.19. The summed E-state index contributed by atoms with van der Waals surface area (Å²) in [4.78, 5) is 12.3. The number of allylic oxidation sites excluding steroid dienone is 1. The highest BCUT2D eigenvalue weighted by molar-refractivity contribution is 6.06. The monoisotopic (exact) mass is 320 g/mol. The quantitative estimate of drug-likeness (QED) is 0.533. The van der Waals surface area contributed by atoms with Gasteiger partial charge in [-0.2, -0.15) is 10.2 Å². The molecule has 0 bridgehead atoms. The third-order valence-corrected chi connectivity index (χ3v) is 3.99. The predicted octanol–water partition coefficient (Wildman–Crippen LogP) is 3.60. The first-order chi connectivity index (χ1) is 11.6. The molecule has 2 heterocycles. The van der Waals surface area contributed by atoms with Crippen LogP contribution in [0.1, 0.15) is 34.2 Å². The van der Waals surface area contributed by atoms with Crippen molar-refractivity contribution in [2.75, 3.05) is 0 Å². The molecular formula is C19H20N4O. The number of aryl methyl sites for hydroxylation is 2. The Kier molecular flexibility index (Phi) is 4.42. The number of benzene rings is 1. The average molecular weight is 320 g/mol. The number of carbonyl (C=O) groups is 1. The molecule has 0 aliphatic heterocycles. The first kappa shape index (κ1) is 15.9. The third-order valence-electron chi connectivity index (χ3n) is 3.99. The lowest BCUT2D eigenvalue weighted by atomic mass is 10.1. The molecule has 0 spiro atoms. The average Bonchev–Trinajstić information content (AvgIpc) is 3.19. The van der Waals surface area contributed by atoms with E-state index in [9.17, 15) is 4.79 Å². The molecule has 1 aromatic carbocycles. The van der Waals surface area contributed by atoms with Crippen LogP contribution >= 0.6 is 0 Å². The summed E-state index contributed by atoms with van der Waals surface area (Å²) >= 11 is 0. The zero-order valence-electron chi connectivity index (χ0n) is 14.1. The SMILES string of the molecule is CCn1cc(C(=O)/C=C/c2c(C)nn(-c3ccccc3)c2C)cn1. The molecule has 122 valence electrons. The van der Waals surface area contributed by atoms with Crippen molar-refractivity contribution in [1.82, 2.24) is 19.6 Å². The maximum absolute atomic E-state index is 12.3. The van der Waals surface area contributed by atoms with Gasteiger partial charge in [0.05, 0.1) is 23.1 Å². The van der Waals surface area contributed by atoms with Gasteiger partial charge in [0, 0.05) is 24.0 Å². The highest BCUT2D eigenvalue weighted by Gasteiger charge is 2.11. The second-order valence-electron chi connectivity index (χ2n) is 5.61. The van der Waals surface area contributed by atoms with E-state index < -0.39 is 0 Å². The molecule has 5 heteroatoms. The molecule has 0 radical (unpaired) electrons. The zero-order chi connectivity index (χ0) is 17.1. The minimum atomic E-state index is -0.0547. The van der Waals surface area contributed by atoms with Gasteiger partial charge in [-0.1, -0.05) is 18.2 Å². The Labute approximate surface area is 141 Å². The summed E-state index contributed by atoms with van der Waals surface area (Å²) in [6.45, 7) is 6.69. The molecule has 0 atom stereocenters. The molecule has 0 saturated carbocycles. The van der Waals surface area contributed by atoms with E-state index in [-0.39, 0.29) is 5.78 Å². The smallest absolute Gasteiger partial charge is 0.189 e. The van der Waals surface area contributed by atoms with Gasteiger partial charge >= 0.3 is 0 Å². The fraction of sp³-hybridized carbons (Fsp3) is 0.211. The van der Waals surface area contributed by atoms with Gasteiger partial charge in [-0.25, -0.2) is 4.68 Å². The lowest BCUT2D eigenvalue weighted by molar-refractivity contribution is 0.104. The van der Waals surface area contributed by atoms with Crippen molar-refractivity contribution in [3.63, 3.8) is 0 Å². The van der Waals surface area contributed by atoms with Crippen LogP contribution in [0.15, 0.2) is 48.8 Å². The number of hydrogen-bond acceptors (Lipinski definition) is 3. The van der Waals surface area contributed by atoms with Crippen molar-refractivity contribution in [1.29, 1.82) is 0 Å². The highest BCUT2D eigenvalue weighted by atomic mass is 16.1. The van der Waals surface area contributed by atoms with Crippen LogP contribution in [0.4, 0.5) is 0 Å². The first-order valence-electron chi connectivity index (χ1n) is 7.96. The van der Waals surface area contributed by atoms with E-state index >= 15 is 0 Å². The fourth-order valence-corrected chi connectivity index (χ4v) is 2.64. The Morgan fingerprint density at radius 1 is 1.21 bits per heavy atom. The molecule has 2 aromatic heterocycles. The Bertz CT molecular complexity index is 887. The maximum atomic E-state index is 12.3. The molecule has 5 nitrogen and oxygen atoms in total. The van der Waals surface area contributed by atoms with Gasteiger partial charge in [0.15, 0.2) is 5.78 Å².